The minimum atomic E-state index is -4.00. The lowest BCUT2D eigenvalue weighted by Crippen LogP contribution is -2.08. The van der Waals surface area contributed by atoms with Gasteiger partial charge in [0, 0.05) is 38.2 Å². The molecule has 0 spiro atoms. The van der Waals surface area contributed by atoms with E-state index < -0.39 is 11.1 Å². The molecule has 3 aromatic carbocycles. The van der Waals surface area contributed by atoms with Gasteiger partial charge in [0.1, 0.15) is 11.5 Å². The second kappa shape index (κ2) is 16.7. The molecule has 0 amide bonds. The van der Waals surface area contributed by atoms with Crippen molar-refractivity contribution in [1.82, 2.24) is 4.98 Å². The van der Waals surface area contributed by atoms with E-state index in [-0.39, 0.29) is 12.6 Å². The van der Waals surface area contributed by atoms with Crippen LogP contribution in [0.2, 0.25) is 0 Å². The van der Waals surface area contributed by atoms with Crippen LogP contribution in [0.25, 0.3) is 0 Å². The van der Waals surface area contributed by atoms with Gasteiger partial charge in [0.15, 0.2) is 5.82 Å². The monoisotopic (exact) mass is 577 g/mol. The third kappa shape index (κ3) is 12.7. The third-order valence-corrected chi connectivity index (χ3v) is 5.11. The first-order valence-corrected chi connectivity index (χ1v) is 12.7. The van der Waals surface area contributed by atoms with Crippen molar-refractivity contribution < 1.29 is 18.1 Å². The maximum absolute atomic E-state index is 10.9. The van der Waals surface area contributed by atoms with Gasteiger partial charge >= 0.3 is 6.18 Å². The maximum atomic E-state index is 10.9. The van der Waals surface area contributed by atoms with Crippen LogP contribution in [0.3, 0.4) is 0 Å². The fraction of sp³-hybridized carbons (Fsp3) is 0.200. The summed E-state index contributed by atoms with van der Waals surface area (Å²) >= 11 is 0. The Morgan fingerprint density at radius 3 is 2.07 bits per heavy atom. The van der Waals surface area contributed by atoms with Gasteiger partial charge in [-0.25, -0.2) is 4.98 Å². The number of aromatic nitrogens is 1. The molecule has 0 aliphatic carbocycles. The van der Waals surface area contributed by atoms with Crippen molar-refractivity contribution in [3.05, 3.63) is 112 Å². The van der Waals surface area contributed by atoms with E-state index in [0.717, 1.165) is 30.0 Å². The van der Waals surface area contributed by atoms with Crippen LogP contribution in [0.5, 0.6) is 0 Å². The molecule has 0 aliphatic rings. The second-order valence-electron chi connectivity index (χ2n) is 8.65. The molecule has 1 aromatic heterocycles. The summed E-state index contributed by atoms with van der Waals surface area (Å²) in [5, 5.41) is 33.6. The SMILES string of the molecule is CC#N.CC(F)(F)F.Cc1cc(NCCc2ccccc2)nc(Nc2ccccc2)c1N=Nc1ccc([N+](=O)[O-])cc1. The molecule has 9 nitrogen and oxygen atoms in total. The van der Waals surface area contributed by atoms with E-state index in [9.17, 15) is 23.3 Å². The third-order valence-electron chi connectivity index (χ3n) is 5.11. The Balaban J connectivity index is 0.000000686. The number of nitrogens with zero attached hydrogens (tertiary/aromatic N) is 5. The summed E-state index contributed by atoms with van der Waals surface area (Å²) in [5.41, 5.74) is 4.14. The number of alkyl halides is 3. The molecule has 0 saturated heterocycles. The zero-order valence-corrected chi connectivity index (χ0v) is 23.3. The van der Waals surface area contributed by atoms with Gasteiger partial charge in [-0.1, -0.05) is 48.5 Å². The summed E-state index contributed by atoms with van der Waals surface area (Å²) in [6, 6.07) is 29.6. The number of hydrogen-bond donors (Lipinski definition) is 2. The molecule has 0 aliphatic heterocycles. The number of benzene rings is 3. The highest BCUT2D eigenvalue weighted by molar-refractivity contribution is 5.73. The van der Waals surface area contributed by atoms with Crippen molar-refractivity contribution >= 4 is 34.4 Å². The molecule has 4 rings (SSSR count). The first-order chi connectivity index (χ1) is 20.0. The van der Waals surface area contributed by atoms with Crippen molar-refractivity contribution in [2.75, 3.05) is 17.2 Å². The zero-order valence-electron chi connectivity index (χ0n) is 23.3. The number of azo groups is 1. The van der Waals surface area contributed by atoms with Gasteiger partial charge in [-0.15, -0.1) is 5.11 Å². The molecule has 12 heteroatoms. The van der Waals surface area contributed by atoms with Gasteiger partial charge < -0.3 is 10.6 Å². The Bertz CT molecular complexity index is 1470. The molecule has 42 heavy (non-hydrogen) atoms. The van der Waals surface area contributed by atoms with E-state index in [1.54, 1.807) is 18.2 Å². The van der Waals surface area contributed by atoms with Crippen LogP contribution in [0, 0.1) is 28.4 Å². The van der Waals surface area contributed by atoms with E-state index >= 15 is 0 Å². The lowest BCUT2D eigenvalue weighted by Gasteiger charge is -2.14. The standard InChI is InChI=1S/C26H24N6O2.C2H3F3.C2H3N/c1-19-18-24(27-17-16-20-8-4-2-5-9-20)29-26(28-21-10-6-3-7-11-21)25(19)31-30-22-12-14-23(15-13-22)32(33)34;1-2(3,4)5;1-2-3/h2-15,18H,16-17H2,1H3,(H2,27,28,29);1H3;1H3. The molecule has 2 N–H and O–H groups in total. The molecular formula is C30H30F3N7O2. The summed E-state index contributed by atoms with van der Waals surface area (Å²) in [5.74, 6) is 1.31. The molecule has 218 valence electrons. The van der Waals surface area contributed by atoms with E-state index in [0.29, 0.717) is 17.2 Å². The van der Waals surface area contributed by atoms with Crippen LogP contribution < -0.4 is 10.6 Å². The summed E-state index contributed by atoms with van der Waals surface area (Å²) in [4.78, 5) is 15.2. The Morgan fingerprint density at radius 1 is 0.976 bits per heavy atom. The number of pyridine rings is 1. The van der Waals surface area contributed by atoms with Crippen molar-refractivity contribution in [2.45, 2.75) is 33.4 Å². The molecule has 1 heterocycles. The molecule has 4 aromatic rings. The molecule has 0 saturated carbocycles. The highest BCUT2D eigenvalue weighted by atomic mass is 19.4. The summed E-state index contributed by atoms with van der Waals surface area (Å²) in [6.07, 6.45) is -3.12. The molecule has 0 bridgehead atoms. The van der Waals surface area contributed by atoms with Gasteiger partial charge in [0.05, 0.1) is 16.7 Å². The number of aryl methyl sites for hydroxylation is 1. The lowest BCUT2D eigenvalue weighted by atomic mass is 10.1. The van der Waals surface area contributed by atoms with Crippen LogP contribution in [-0.4, -0.2) is 22.6 Å². The predicted octanol–water partition coefficient (Wildman–Crippen LogP) is 9.21. The van der Waals surface area contributed by atoms with E-state index in [1.165, 1.54) is 24.6 Å². The smallest absolute Gasteiger partial charge is 0.370 e. The lowest BCUT2D eigenvalue weighted by molar-refractivity contribution is -0.384. The summed E-state index contributed by atoms with van der Waals surface area (Å²) < 4.78 is 31.1. The van der Waals surface area contributed by atoms with Crippen LogP contribution >= 0.6 is 0 Å². The Labute approximate surface area is 241 Å². The molecular weight excluding hydrogens is 547 g/mol. The van der Waals surface area contributed by atoms with Gasteiger partial charge in [-0.2, -0.15) is 23.5 Å². The summed E-state index contributed by atoms with van der Waals surface area (Å²) in [7, 11) is 0. The number of hydrogen-bond acceptors (Lipinski definition) is 8. The van der Waals surface area contributed by atoms with Crippen molar-refractivity contribution in [3.8, 4) is 6.07 Å². The van der Waals surface area contributed by atoms with Crippen LogP contribution in [-0.2, 0) is 6.42 Å². The number of anilines is 3. The number of nitro benzene ring substituents is 1. The van der Waals surface area contributed by atoms with Crippen molar-refractivity contribution in [2.24, 2.45) is 10.2 Å². The number of para-hydroxylation sites is 1. The maximum Gasteiger partial charge on any atom is 0.386 e. The van der Waals surface area contributed by atoms with Gasteiger partial charge in [0.25, 0.3) is 5.69 Å². The van der Waals surface area contributed by atoms with E-state index in [2.05, 4.69) is 33.0 Å². The normalized spacial score (nSPS) is 10.4. The number of rotatable bonds is 9. The van der Waals surface area contributed by atoms with Gasteiger partial charge in [-0.05, 0) is 54.8 Å². The first kappa shape index (κ1) is 32.9. The first-order valence-electron chi connectivity index (χ1n) is 12.7. The highest BCUT2D eigenvalue weighted by Crippen LogP contribution is 2.33. The Morgan fingerprint density at radius 2 is 1.52 bits per heavy atom. The van der Waals surface area contributed by atoms with E-state index in [1.807, 2.05) is 61.5 Å². The topological polar surface area (TPSA) is 129 Å². The van der Waals surface area contributed by atoms with Crippen LogP contribution in [0.15, 0.2) is 101 Å². The number of halogens is 3. The fourth-order valence-electron chi connectivity index (χ4n) is 3.36. The minimum Gasteiger partial charge on any atom is -0.370 e. The predicted molar refractivity (Wildman–Crippen MR) is 158 cm³/mol. The van der Waals surface area contributed by atoms with Gasteiger partial charge in [-0.3, -0.25) is 10.1 Å². The minimum absolute atomic E-state index is 0.00848. The number of nitrogens with one attached hydrogen (secondary N) is 2. The highest BCUT2D eigenvalue weighted by Gasteiger charge is 2.15. The number of non-ortho nitro benzene ring substituents is 1. The average molecular weight is 578 g/mol. The number of nitriles is 1. The Hall–Kier alpha value is -5.31. The zero-order chi connectivity index (χ0) is 31.0. The fourth-order valence-corrected chi connectivity index (χ4v) is 3.36. The van der Waals surface area contributed by atoms with Gasteiger partial charge in [0.2, 0.25) is 0 Å². The number of nitro groups is 1. The summed E-state index contributed by atoms with van der Waals surface area (Å²) in [6.45, 7) is 4.31. The molecule has 0 radical (unpaired) electrons. The molecule has 0 atom stereocenters. The Kier molecular flexibility index (Phi) is 13.1. The second-order valence-corrected chi connectivity index (χ2v) is 8.65. The molecule has 0 unspecified atom stereocenters. The molecule has 0 fully saturated rings. The average Bonchev–Trinajstić information content (AvgIpc) is 2.93. The van der Waals surface area contributed by atoms with Crippen LogP contribution in [0.4, 0.5) is 47.6 Å². The quantitative estimate of drug-likeness (QED) is 0.116. The van der Waals surface area contributed by atoms with Crippen molar-refractivity contribution in [1.29, 1.82) is 5.26 Å². The van der Waals surface area contributed by atoms with Crippen molar-refractivity contribution in [3.63, 3.8) is 0 Å². The van der Waals surface area contributed by atoms with E-state index in [4.69, 9.17) is 10.2 Å². The van der Waals surface area contributed by atoms with Crippen LogP contribution in [0.1, 0.15) is 25.0 Å². The largest absolute Gasteiger partial charge is 0.386 e.